The Morgan fingerprint density at radius 2 is 2.15 bits per heavy atom. The van der Waals surface area contributed by atoms with Crippen molar-refractivity contribution in [2.75, 3.05) is 0 Å². The van der Waals surface area contributed by atoms with Crippen LogP contribution in [0.5, 0.6) is 5.75 Å². The Morgan fingerprint density at radius 1 is 1.30 bits per heavy atom. The smallest absolute Gasteiger partial charge is 0.165 e. The zero-order valence-corrected chi connectivity index (χ0v) is 11.6. The third-order valence-electron chi connectivity index (χ3n) is 3.12. The van der Waals surface area contributed by atoms with Gasteiger partial charge in [-0.2, -0.15) is 0 Å². The molecule has 0 saturated heterocycles. The molecule has 2 rings (SSSR count). The summed E-state index contributed by atoms with van der Waals surface area (Å²) in [7, 11) is 0. The Bertz CT molecular complexity index is 545. The van der Waals surface area contributed by atoms with Gasteiger partial charge in [0.15, 0.2) is 11.6 Å². The predicted octanol–water partition coefficient (Wildman–Crippen LogP) is 3.08. The summed E-state index contributed by atoms with van der Waals surface area (Å²) in [6.45, 7) is 2.27. The van der Waals surface area contributed by atoms with Crippen molar-refractivity contribution in [3.05, 3.63) is 59.7 Å². The van der Waals surface area contributed by atoms with Crippen molar-refractivity contribution < 1.29 is 9.13 Å². The quantitative estimate of drug-likeness (QED) is 0.880. The highest BCUT2D eigenvalue weighted by Crippen LogP contribution is 2.20. The van der Waals surface area contributed by atoms with Gasteiger partial charge in [0.25, 0.3) is 0 Å². The number of nitrogens with zero attached hydrogens (tertiary/aromatic N) is 1. The van der Waals surface area contributed by atoms with Gasteiger partial charge in [0, 0.05) is 12.2 Å². The van der Waals surface area contributed by atoms with Gasteiger partial charge >= 0.3 is 0 Å². The highest BCUT2D eigenvalue weighted by molar-refractivity contribution is 5.30. The summed E-state index contributed by atoms with van der Waals surface area (Å²) < 4.78 is 19.4. The molecule has 4 heteroatoms. The number of benzene rings is 1. The fraction of sp³-hybridized carbons (Fsp3) is 0.312. The molecule has 1 aromatic carbocycles. The topological polar surface area (TPSA) is 48.1 Å². The average molecular weight is 274 g/mol. The largest absolute Gasteiger partial charge is 0.484 e. The molecular formula is C16H19FN2O. The SMILES string of the molecule is CCC(N)Cc1ccc(OCc2ccccn2)c(F)c1. The van der Waals surface area contributed by atoms with Crippen molar-refractivity contribution in [3.8, 4) is 5.75 Å². The van der Waals surface area contributed by atoms with Crippen LogP contribution in [-0.4, -0.2) is 11.0 Å². The van der Waals surface area contributed by atoms with Gasteiger partial charge in [-0.1, -0.05) is 19.1 Å². The summed E-state index contributed by atoms with van der Waals surface area (Å²) in [5, 5.41) is 0. The van der Waals surface area contributed by atoms with Crippen LogP contribution in [0.4, 0.5) is 4.39 Å². The van der Waals surface area contributed by atoms with Crippen molar-refractivity contribution in [3.63, 3.8) is 0 Å². The lowest BCUT2D eigenvalue weighted by Gasteiger charge is -2.11. The molecule has 0 amide bonds. The molecule has 1 aromatic heterocycles. The molecule has 0 aliphatic carbocycles. The van der Waals surface area contributed by atoms with Gasteiger partial charge in [0.2, 0.25) is 0 Å². The summed E-state index contributed by atoms with van der Waals surface area (Å²) in [6, 6.07) is 10.6. The summed E-state index contributed by atoms with van der Waals surface area (Å²) in [5.41, 5.74) is 7.52. The van der Waals surface area contributed by atoms with Gasteiger partial charge < -0.3 is 10.5 Å². The van der Waals surface area contributed by atoms with E-state index in [2.05, 4.69) is 4.98 Å². The molecule has 20 heavy (non-hydrogen) atoms. The Morgan fingerprint density at radius 3 is 2.80 bits per heavy atom. The van der Waals surface area contributed by atoms with E-state index in [1.807, 2.05) is 31.2 Å². The Hall–Kier alpha value is -1.94. The van der Waals surface area contributed by atoms with Crippen LogP contribution in [0.15, 0.2) is 42.6 Å². The molecule has 1 unspecified atom stereocenters. The molecule has 0 aliphatic rings. The second-order valence-corrected chi connectivity index (χ2v) is 4.75. The minimum absolute atomic E-state index is 0.0645. The maximum absolute atomic E-state index is 13.9. The van der Waals surface area contributed by atoms with Crippen LogP contribution < -0.4 is 10.5 Å². The molecule has 1 atom stereocenters. The summed E-state index contributed by atoms with van der Waals surface area (Å²) >= 11 is 0. The van der Waals surface area contributed by atoms with Crippen LogP contribution in [0, 0.1) is 5.82 Å². The lowest BCUT2D eigenvalue weighted by atomic mass is 10.0. The second kappa shape index (κ2) is 7.01. The Balaban J connectivity index is 1.99. The van der Waals surface area contributed by atoms with E-state index in [1.165, 1.54) is 6.07 Å². The third-order valence-corrected chi connectivity index (χ3v) is 3.12. The first-order chi connectivity index (χ1) is 9.69. The molecule has 3 nitrogen and oxygen atoms in total. The van der Waals surface area contributed by atoms with Crippen LogP contribution >= 0.6 is 0 Å². The van der Waals surface area contributed by atoms with Crippen LogP contribution in [0.2, 0.25) is 0 Å². The highest BCUT2D eigenvalue weighted by Gasteiger charge is 2.08. The van der Waals surface area contributed by atoms with Crippen molar-refractivity contribution in [1.29, 1.82) is 0 Å². The number of rotatable bonds is 6. The van der Waals surface area contributed by atoms with Gasteiger partial charge in [0.1, 0.15) is 6.61 Å². The first kappa shape index (κ1) is 14.5. The van der Waals surface area contributed by atoms with E-state index in [9.17, 15) is 4.39 Å². The summed E-state index contributed by atoms with van der Waals surface area (Å²) in [4.78, 5) is 4.13. The maximum Gasteiger partial charge on any atom is 0.165 e. The molecule has 106 valence electrons. The fourth-order valence-corrected chi connectivity index (χ4v) is 1.87. The normalized spacial score (nSPS) is 12.2. The van der Waals surface area contributed by atoms with Crippen LogP contribution in [0.1, 0.15) is 24.6 Å². The summed E-state index contributed by atoms with van der Waals surface area (Å²) in [5.74, 6) is -0.119. The molecule has 1 heterocycles. The van der Waals surface area contributed by atoms with Crippen LogP contribution in [-0.2, 0) is 13.0 Å². The zero-order valence-electron chi connectivity index (χ0n) is 11.6. The zero-order chi connectivity index (χ0) is 14.4. The average Bonchev–Trinajstić information content (AvgIpc) is 2.47. The van der Waals surface area contributed by atoms with E-state index in [0.717, 1.165) is 17.7 Å². The van der Waals surface area contributed by atoms with Gasteiger partial charge in [-0.25, -0.2) is 4.39 Å². The van der Waals surface area contributed by atoms with E-state index < -0.39 is 0 Å². The first-order valence-corrected chi connectivity index (χ1v) is 6.75. The molecule has 2 aromatic rings. The monoisotopic (exact) mass is 274 g/mol. The molecule has 0 aliphatic heterocycles. The van der Waals surface area contributed by atoms with Crippen molar-refractivity contribution >= 4 is 0 Å². The Kier molecular flexibility index (Phi) is 5.07. The highest BCUT2D eigenvalue weighted by atomic mass is 19.1. The molecule has 2 N–H and O–H groups in total. The Labute approximate surface area is 118 Å². The predicted molar refractivity (Wildman–Crippen MR) is 76.9 cm³/mol. The third kappa shape index (κ3) is 4.03. The second-order valence-electron chi connectivity index (χ2n) is 4.75. The van der Waals surface area contributed by atoms with E-state index in [0.29, 0.717) is 6.42 Å². The number of hydrogen-bond acceptors (Lipinski definition) is 3. The number of aromatic nitrogens is 1. The van der Waals surface area contributed by atoms with Crippen LogP contribution in [0.25, 0.3) is 0 Å². The van der Waals surface area contributed by atoms with Crippen molar-refractivity contribution in [2.24, 2.45) is 5.73 Å². The molecule has 0 radical (unpaired) electrons. The standard InChI is InChI=1S/C16H19FN2O/c1-2-13(18)9-12-6-7-16(15(17)10-12)20-11-14-5-3-4-8-19-14/h3-8,10,13H,2,9,11,18H2,1H3. The number of hydrogen-bond donors (Lipinski definition) is 1. The number of ether oxygens (including phenoxy) is 1. The molecular weight excluding hydrogens is 255 g/mol. The van der Waals surface area contributed by atoms with E-state index >= 15 is 0 Å². The number of pyridine rings is 1. The van der Waals surface area contributed by atoms with Crippen molar-refractivity contribution in [2.45, 2.75) is 32.4 Å². The lowest BCUT2D eigenvalue weighted by Crippen LogP contribution is -2.21. The van der Waals surface area contributed by atoms with Gasteiger partial charge in [-0.15, -0.1) is 0 Å². The minimum atomic E-state index is -0.360. The van der Waals surface area contributed by atoms with E-state index in [-0.39, 0.29) is 24.2 Å². The summed E-state index contributed by atoms with van der Waals surface area (Å²) in [6.07, 6.45) is 3.23. The van der Waals surface area contributed by atoms with Crippen LogP contribution in [0.3, 0.4) is 0 Å². The number of halogens is 1. The number of nitrogens with two attached hydrogens (primary N) is 1. The fourth-order valence-electron chi connectivity index (χ4n) is 1.87. The minimum Gasteiger partial charge on any atom is -0.484 e. The first-order valence-electron chi connectivity index (χ1n) is 6.75. The van der Waals surface area contributed by atoms with E-state index in [4.69, 9.17) is 10.5 Å². The molecule has 0 fully saturated rings. The van der Waals surface area contributed by atoms with E-state index in [1.54, 1.807) is 12.3 Å². The molecule has 0 spiro atoms. The maximum atomic E-state index is 13.9. The van der Waals surface area contributed by atoms with Crippen molar-refractivity contribution in [1.82, 2.24) is 4.98 Å². The van der Waals surface area contributed by atoms with Gasteiger partial charge in [0.05, 0.1) is 5.69 Å². The van der Waals surface area contributed by atoms with Gasteiger partial charge in [-0.3, -0.25) is 4.98 Å². The van der Waals surface area contributed by atoms with Gasteiger partial charge in [-0.05, 0) is 42.7 Å². The molecule has 0 bridgehead atoms. The molecule has 0 saturated carbocycles. The lowest BCUT2D eigenvalue weighted by molar-refractivity contribution is 0.285.